The highest BCUT2D eigenvalue weighted by molar-refractivity contribution is 5.79. The molecule has 0 amide bonds. The van der Waals surface area contributed by atoms with Gasteiger partial charge in [0.25, 0.3) is 0 Å². The van der Waals surface area contributed by atoms with Crippen molar-refractivity contribution in [3.63, 3.8) is 0 Å². The largest absolute Gasteiger partial charge is 0.312 e. The number of benzene rings is 1. The number of hydrogen-bond acceptors (Lipinski definition) is 3. The van der Waals surface area contributed by atoms with Crippen LogP contribution in [0.4, 0.5) is 0 Å². The molecule has 110 valence electrons. The van der Waals surface area contributed by atoms with E-state index < -0.39 is 0 Å². The summed E-state index contributed by atoms with van der Waals surface area (Å²) in [6.45, 7) is 7.08. The Morgan fingerprint density at radius 3 is 2.75 bits per heavy atom. The first kappa shape index (κ1) is 15.0. The molecule has 0 spiro atoms. The van der Waals surface area contributed by atoms with Crippen LogP contribution in [0, 0.1) is 12.8 Å². The molecule has 20 heavy (non-hydrogen) atoms. The number of fused-ring (bicyclic) bond motifs is 1. The first-order valence-corrected chi connectivity index (χ1v) is 7.72. The maximum atomic E-state index is 5.67. The van der Waals surface area contributed by atoms with Crippen LogP contribution >= 0.6 is 0 Å². The van der Waals surface area contributed by atoms with E-state index in [1.54, 1.807) is 4.68 Å². The minimum atomic E-state index is 0.378. The third-order valence-corrected chi connectivity index (χ3v) is 4.28. The van der Waals surface area contributed by atoms with Crippen molar-refractivity contribution in [3.8, 4) is 0 Å². The Bertz CT molecular complexity index is 559. The molecule has 1 atom stereocenters. The van der Waals surface area contributed by atoms with Gasteiger partial charge in [-0.2, -0.15) is 0 Å². The molecular weight excluding hydrogens is 248 g/mol. The lowest BCUT2D eigenvalue weighted by Gasteiger charge is -2.16. The van der Waals surface area contributed by atoms with E-state index in [9.17, 15) is 0 Å². The first-order chi connectivity index (χ1) is 9.71. The molecule has 2 rings (SSSR count). The van der Waals surface area contributed by atoms with Crippen LogP contribution in [0.5, 0.6) is 0 Å². The van der Waals surface area contributed by atoms with E-state index in [2.05, 4.69) is 43.2 Å². The molecule has 1 unspecified atom stereocenters. The molecule has 0 saturated carbocycles. The number of nitrogens with two attached hydrogens (primary N) is 1. The molecule has 1 aromatic heterocycles. The van der Waals surface area contributed by atoms with Crippen LogP contribution < -0.4 is 5.73 Å². The first-order valence-electron chi connectivity index (χ1n) is 7.72. The fraction of sp³-hybridized carbons (Fsp3) is 0.625. The van der Waals surface area contributed by atoms with Gasteiger partial charge in [-0.15, -0.1) is 5.10 Å². The summed E-state index contributed by atoms with van der Waals surface area (Å²) in [5.41, 5.74) is 10.4. The Morgan fingerprint density at radius 1 is 1.30 bits per heavy atom. The average Bonchev–Trinajstić information content (AvgIpc) is 2.89. The lowest BCUT2D eigenvalue weighted by Crippen LogP contribution is -2.08. The van der Waals surface area contributed by atoms with Crippen LogP contribution in [0.2, 0.25) is 0 Å². The zero-order valence-corrected chi connectivity index (χ0v) is 12.9. The van der Waals surface area contributed by atoms with E-state index in [0.29, 0.717) is 6.67 Å². The number of nitrogens with zero attached hydrogens (tertiary/aromatic N) is 3. The summed E-state index contributed by atoms with van der Waals surface area (Å²) < 4.78 is 1.75. The molecular formula is C16H26N4. The van der Waals surface area contributed by atoms with Crippen LogP contribution in [-0.4, -0.2) is 15.0 Å². The highest BCUT2D eigenvalue weighted by atomic mass is 15.4. The van der Waals surface area contributed by atoms with Gasteiger partial charge in [-0.3, -0.25) is 0 Å². The zero-order chi connectivity index (χ0) is 14.5. The standard InChI is InChI=1S/C16H26N4/c1-4-6-7-13(5-2)10-14-8-9-15-16(12(14)3)18-19-20(15)11-17/h8-9,13H,4-7,10-11,17H2,1-3H3. The highest BCUT2D eigenvalue weighted by Crippen LogP contribution is 2.25. The Kier molecular flexibility index (Phi) is 5.12. The predicted molar refractivity (Wildman–Crippen MR) is 83.5 cm³/mol. The van der Waals surface area contributed by atoms with Crippen molar-refractivity contribution in [2.45, 2.75) is 59.5 Å². The molecule has 4 heteroatoms. The summed E-state index contributed by atoms with van der Waals surface area (Å²) in [6, 6.07) is 4.33. The van der Waals surface area contributed by atoms with Crippen molar-refractivity contribution in [1.82, 2.24) is 15.0 Å². The quantitative estimate of drug-likeness (QED) is 0.841. The van der Waals surface area contributed by atoms with Gasteiger partial charge in [-0.25, -0.2) is 4.68 Å². The Balaban J connectivity index is 2.24. The van der Waals surface area contributed by atoms with Crippen LogP contribution in [0.15, 0.2) is 12.1 Å². The summed E-state index contributed by atoms with van der Waals surface area (Å²) in [4.78, 5) is 0. The molecule has 2 aromatic rings. The molecule has 2 N–H and O–H groups in total. The van der Waals surface area contributed by atoms with E-state index in [1.165, 1.54) is 36.8 Å². The lowest BCUT2D eigenvalue weighted by molar-refractivity contribution is 0.448. The van der Waals surface area contributed by atoms with Crippen molar-refractivity contribution in [2.75, 3.05) is 0 Å². The van der Waals surface area contributed by atoms with Crippen LogP contribution in [0.3, 0.4) is 0 Å². The third kappa shape index (κ3) is 3.01. The Hall–Kier alpha value is -1.42. The molecule has 0 fully saturated rings. The highest BCUT2D eigenvalue weighted by Gasteiger charge is 2.13. The average molecular weight is 274 g/mol. The van der Waals surface area contributed by atoms with Crippen LogP contribution in [0.25, 0.3) is 11.0 Å². The summed E-state index contributed by atoms with van der Waals surface area (Å²) in [7, 11) is 0. The van der Waals surface area contributed by atoms with E-state index in [1.807, 2.05) is 0 Å². The monoisotopic (exact) mass is 274 g/mol. The molecule has 1 heterocycles. The minimum absolute atomic E-state index is 0.378. The predicted octanol–water partition coefficient (Wildman–Crippen LogP) is 3.41. The molecule has 0 saturated heterocycles. The number of aryl methyl sites for hydroxylation is 1. The van der Waals surface area contributed by atoms with Crippen molar-refractivity contribution in [2.24, 2.45) is 11.7 Å². The zero-order valence-electron chi connectivity index (χ0n) is 12.9. The maximum absolute atomic E-state index is 5.67. The fourth-order valence-electron chi connectivity index (χ4n) is 2.82. The number of hydrogen-bond donors (Lipinski definition) is 1. The van der Waals surface area contributed by atoms with Crippen molar-refractivity contribution in [1.29, 1.82) is 0 Å². The van der Waals surface area contributed by atoms with Gasteiger partial charge in [0.15, 0.2) is 0 Å². The van der Waals surface area contributed by atoms with Gasteiger partial charge in [0.2, 0.25) is 0 Å². The normalized spacial score (nSPS) is 13.0. The summed E-state index contributed by atoms with van der Waals surface area (Å²) >= 11 is 0. The number of unbranched alkanes of at least 4 members (excludes halogenated alkanes) is 1. The Labute approximate surface area is 121 Å². The molecule has 0 aliphatic rings. The van der Waals surface area contributed by atoms with E-state index >= 15 is 0 Å². The van der Waals surface area contributed by atoms with Gasteiger partial charge in [0, 0.05) is 0 Å². The number of aromatic nitrogens is 3. The van der Waals surface area contributed by atoms with Crippen LogP contribution in [0.1, 0.15) is 50.7 Å². The van der Waals surface area contributed by atoms with Crippen molar-refractivity contribution >= 4 is 11.0 Å². The second-order valence-corrected chi connectivity index (χ2v) is 5.61. The van der Waals surface area contributed by atoms with Gasteiger partial charge in [0.1, 0.15) is 5.52 Å². The van der Waals surface area contributed by atoms with Crippen LogP contribution in [-0.2, 0) is 13.1 Å². The fourth-order valence-corrected chi connectivity index (χ4v) is 2.82. The van der Waals surface area contributed by atoms with Crippen molar-refractivity contribution < 1.29 is 0 Å². The molecule has 0 bridgehead atoms. The van der Waals surface area contributed by atoms with E-state index in [-0.39, 0.29) is 0 Å². The lowest BCUT2D eigenvalue weighted by atomic mass is 9.90. The SMILES string of the molecule is CCCCC(CC)Cc1ccc2c(nnn2CN)c1C. The third-order valence-electron chi connectivity index (χ3n) is 4.28. The van der Waals surface area contributed by atoms with Gasteiger partial charge < -0.3 is 5.73 Å². The Morgan fingerprint density at radius 2 is 2.10 bits per heavy atom. The molecule has 0 aliphatic heterocycles. The molecule has 0 aliphatic carbocycles. The van der Waals surface area contributed by atoms with Gasteiger partial charge in [-0.1, -0.05) is 50.8 Å². The second kappa shape index (κ2) is 6.84. The number of rotatable bonds is 7. The summed E-state index contributed by atoms with van der Waals surface area (Å²) in [5.74, 6) is 0.774. The summed E-state index contributed by atoms with van der Waals surface area (Å²) in [6.07, 6.45) is 6.31. The van der Waals surface area contributed by atoms with Gasteiger partial charge in [-0.05, 0) is 36.5 Å². The minimum Gasteiger partial charge on any atom is -0.312 e. The second-order valence-electron chi connectivity index (χ2n) is 5.61. The smallest absolute Gasteiger partial charge is 0.116 e. The molecule has 4 nitrogen and oxygen atoms in total. The maximum Gasteiger partial charge on any atom is 0.116 e. The topological polar surface area (TPSA) is 56.7 Å². The molecule has 1 aromatic carbocycles. The summed E-state index contributed by atoms with van der Waals surface area (Å²) in [5, 5.41) is 8.38. The van der Waals surface area contributed by atoms with Gasteiger partial charge >= 0.3 is 0 Å². The van der Waals surface area contributed by atoms with Crippen molar-refractivity contribution in [3.05, 3.63) is 23.3 Å². The van der Waals surface area contributed by atoms with E-state index in [4.69, 9.17) is 5.73 Å². The van der Waals surface area contributed by atoms with E-state index in [0.717, 1.165) is 23.4 Å². The molecule has 0 radical (unpaired) electrons. The van der Waals surface area contributed by atoms with Gasteiger partial charge in [0.05, 0.1) is 12.2 Å².